The summed E-state index contributed by atoms with van der Waals surface area (Å²) in [6.45, 7) is 3.32. The van der Waals surface area contributed by atoms with Crippen LogP contribution in [0.5, 0.6) is 5.75 Å². The van der Waals surface area contributed by atoms with Crippen molar-refractivity contribution in [2.75, 3.05) is 7.11 Å². The summed E-state index contributed by atoms with van der Waals surface area (Å²) in [6, 6.07) is 4.72. The Bertz CT molecular complexity index is 427. The van der Waals surface area contributed by atoms with E-state index in [0.29, 0.717) is 5.56 Å². The standard InChI is InChI=1S/C13H15FO3/c1-4-6-12(15)17-9(2)10-7-5-8-11(16-3)13(10)14/h4-9H,1-3H3/b6-4-. The lowest BCUT2D eigenvalue weighted by Crippen LogP contribution is -2.08. The molecule has 4 heteroatoms. The Morgan fingerprint density at radius 1 is 1.47 bits per heavy atom. The minimum absolute atomic E-state index is 0.136. The highest BCUT2D eigenvalue weighted by Gasteiger charge is 2.17. The predicted octanol–water partition coefficient (Wildman–Crippen LogP) is 3.01. The predicted molar refractivity (Wildman–Crippen MR) is 62.3 cm³/mol. The summed E-state index contributed by atoms with van der Waals surface area (Å²) in [7, 11) is 1.39. The van der Waals surface area contributed by atoms with Gasteiger partial charge in [-0.15, -0.1) is 0 Å². The van der Waals surface area contributed by atoms with E-state index in [1.165, 1.54) is 19.3 Å². The molecule has 0 aliphatic rings. The molecule has 0 fully saturated rings. The Morgan fingerprint density at radius 2 is 2.18 bits per heavy atom. The van der Waals surface area contributed by atoms with Gasteiger partial charge in [0.05, 0.1) is 7.11 Å². The Balaban J connectivity index is 2.89. The minimum atomic E-state index is -0.659. The smallest absolute Gasteiger partial charge is 0.331 e. The molecule has 0 aliphatic heterocycles. The second-order valence-corrected chi connectivity index (χ2v) is 3.44. The number of hydrogen-bond donors (Lipinski definition) is 0. The van der Waals surface area contributed by atoms with Crippen molar-refractivity contribution in [3.05, 3.63) is 41.7 Å². The minimum Gasteiger partial charge on any atom is -0.494 e. The molecule has 1 unspecified atom stereocenters. The van der Waals surface area contributed by atoms with Crippen molar-refractivity contribution in [1.29, 1.82) is 0 Å². The average Bonchev–Trinajstić information content (AvgIpc) is 2.29. The molecule has 0 aromatic heterocycles. The molecule has 3 nitrogen and oxygen atoms in total. The number of allylic oxidation sites excluding steroid dienone is 1. The van der Waals surface area contributed by atoms with Gasteiger partial charge in [0.1, 0.15) is 6.10 Å². The van der Waals surface area contributed by atoms with Gasteiger partial charge in [-0.25, -0.2) is 9.18 Å². The number of esters is 1. The molecule has 0 heterocycles. The number of rotatable bonds is 4. The monoisotopic (exact) mass is 238 g/mol. The number of halogens is 1. The van der Waals surface area contributed by atoms with E-state index < -0.39 is 17.9 Å². The molecule has 0 bridgehead atoms. The first-order chi connectivity index (χ1) is 8.10. The molecule has 1 aromatic carbocycles. The maximum atomic E-state index is 13.8. The Labute approximate surface area is 99.9 Å². The Hall–Kier alpha value is -1.84. The van der Waals surface area contributed by atoms with Crippen molar-refractivity contribution in [2.24, 2.45) is 0 Å². The zero-order chi connectivity index (χ0) is 12.8. The van der Waals surface area contributed by atoms with Crippen LogP contribution in [0.1, 0.15) is 25.5 Å². The molecule has 17 heavy (non-hydrogen) atoms. The Morgan fingerprint density at radius 3 is 2.76 bits per heavy atom. The first-order valence-electron chi connectivity index (χ1n) is 5.25. The summed E-state index contributed by atoms with van der Waals surface area (Å²) in [5, 5.41) is 0. The molecule has 0 amide bonds. The van der Waals surface area contributed by atoms with Crippen molar-refractivity contribution >= 4 is 5.97 Å². The number of carbonyl (C=O) groups is 1. The highest BCUT2D eigenvalue weighted by molar-refractivity contribution is 5.82. The van der Waals surface area contributed by atoms with Gasteiger partial charge in [-0.2, -0.15) is 0 Å². The van der Waals surface area contributed by atoms with Gasteiger partial charge in [0.25, 0.3) is 0 Å². The molecule has 0 N–H and O–H groups in total. The fraction of sp³-hybridized carbons (Fsp3) is 0.308. The molecular formula is C13H15FO3. The molecule has 0 radical (unpaired) electrons. The van der Waals surface area contributed by atoms with E-state index in [2.05, 4.69) is 0 Å². The molecule has 1 atom stereocenters. The van der Waals surface area contributed by atoms with Crippen LogP contribution in [0.25, 0.3) is 0 Å². The molecule has 0 spiro atoms. The molecule has 0 saturated carbocycles. The topological polar surface area (TPSA) is 35.5 Å². The summed E-state index contributed by atoms with van der Waals surface area (Å²) in [6.07, 6.45) is 2.19. The molecule has 0 saturated heterocycles. The summed E-state index contributed by atoms with van der Waals surface area (Å²) >= 11 is 0. The third-order valence-corrected chi connectivity index (χ3v) is 2.25. The largest absolute Gasteiger partial charge is 0.494 e. The van der Waals surface area contributed by atoms with Crippen LogP contribution in [-0.2, 0) is 9.53 Å². The van der Waals surface area contributed by atoms with Crippen molar-refractivity contribution in [3.63, 3.8) is 0 Å². The summed E-state index contributed by atoms with van der Waals surface area (Å²) in [4.78, 5) is 11.2. The van der Waals surface area contributed by atoms with E-state index in [-0.39, 0.29) is 5.75 Å². The number of carbonyl (C=O) groups excluding carboxylic acids is 1. The summed E-state index contributed by atoms with van der Waals surface area (Å²) < 4.78 is 23.7. The lowest BCUT2D eigenvalue weighted by molar-refractivity contribution is -0.142. The van der Waals surface area contributed by atoms with Crippen LogP contribution in [0.4, 0.5) is 4.39 Å². The van der Waals surface area contributed by atoms with Crippen molar-refractivity contribution in [2.45, 2.75) is 20.0 Å². The number of hydrogen-bond acceptors (Lipinski definition) is 3. The van der Waals surface area contributed by atoms with Crippen LogP contribution in [0.2, 0.25) is 0 Å². The second-order valence-electron chi connectivity index (χ2n) is 3.44. The van der Waals surface area contributed by atoms with Gasteiger partial charge in [-0.1, -0.05) is 18.2 Å². The molecule has 1 aromatic rings. The van der Waals surface area contributed by atoms with Gasteiger partial charge >= 0.3 is 5.97 Å². The highest BCUT2D eigenvalue weighted by Crippen LogP contribution is 2.26. The maximum Gasteiger partial charge on any atom is 0.331 e. The van der Waals surface area contributed by atoms with Crippen molar-refractivity contribution in [3.8, 4) is 5.75 Å². The molecule has 92 valence electrons. The van der Waals surface area contributed by atoms with E-state index in [1.807, 2.05) is 0 Å². The van der Waals surface area contributed by atoms with E-state index in [1.54, 1.807) is 32.1 Å². The third-order valence-electron chi connectivity index (χ3n) is 2.25. The zero-order valence-electron chi connectivity index (χ0n) is 10.1. The van der Waals surface area contributed by atoms with Crippen molar-refractivity contribution < 1.29 is 18.7 Å². The number of ether oxygens (including phenoxy) is 2. The zero-order valence-corrected chi connectivity index (χ0v) is 10.1. The van der Waals surface area contributed by atoms with E-state index >= 15 is 0 Å². The van der Waals surface area contributed by atoms with Crippen LogP contribution in [0, 0.1) is 5.82 Å². The van der Waals surface area contributed by atoms with E-state index in [9.17, 15) is 9.18 Å². The lowest BCUT2D eigenvalue weighted by atomic mass is 10.1. The van der Waals surface area contributed by atoms with Crippen LogP contribution in [0.3, 0.4) is 0 Å². The highest BCUT2D eigenvalue weighted by atomic mass is 19.1. The van der Waals surface area contributed by atoms with Crippen LogP contribution >= 0.6 is 0 Å². The summed E-state index contributed by atoms with van der Waals surface area (Å²) in [5.74, 6) is -0.866. The Kier molecular flexibility index (Phi) is 4.69. The van der Waals surface area contributed by atoms with Crippen LogP contribution in [0.15, 0.2) is 30.4 Å². The lowest BCUT2D eigenvalue weighted by Gasteiger charge is -2.14. The normalized spacial score (nSPS) is 12.5. The second kappa shape index (κ2) is 6.03. The van der Waals surface area contributed by atoms with Gasteiger partial charge < -0.3 is 9.47 Å². The van der Waals surface area contributed by atoms with Crippen molar-refractivity contribution in [1.82, 2.24) is 0 Å². The molecule has 1 rings (SSSR count). The van der Waals surface area contributed by atoms with Gasteiger partial charge in [-0.05, 0) is 19.9 Å². The summed E-state index contributed by atoms with van der Waals surface area (Å²) in [5.41, 5.74) is 0.294. The van der Waals surface area contributed by atoms with Gasteiger partial charge in [0, 0.05) is 11.6 Å². The van der Waals surface area contributed by atoms with Gasteiger partial charge in [-0.3, -0.25) is 0 Å². The number of benzene rings is 1. The first kappa shape index (κ1) is 13.2. The SMILES string of the molecule is C/C=C\C(=O)OC(C)c1cccc(OC)c1F. The number of methoxy groups -OCH3 is 1. The maximum absolute atomic E-state index is 13.8. The van der Waals surface area contributed by atoms with Gasteiger partial charge in [0.15, 0.2) is 11.6 Å². The third kappa shape index (κ3) is 3.31. The van der Waals surface area contributed by atoms with E-state index in [4.69, 9.17) is 9.47 Å². The first-order valence-corrected chi connectivity index (χ1v) is 5.25. The van der Waals surface area contributed by atoms with Gasteiger partial charge in [0.2, 0.25) is 0 Å². The molecular weight excluding hydrogens is 223 g/mol. The quantitative estimate of drug-likeness (QED) is 0.597. The average molecular weight is 238 g/mol. The van der Waals surface area contributed by atoms with Crippen LogP contribution in [-0.4, -0.2) is 13.1 Å². The fourth-order valence-corrected chi connectivity index (χ4v) is 1.41. The molecule has 0 aliphatic carbocycles. The van der Waals surface area contributed by atoms with Crippen LogP contribution < -0.4 is 4.74 Å². The van der Waals surface area contributed by atoms with E-state index in [0.717, 1.165) is 0 Å². The fourth-order valence-electron chi connectivity index (χ4n) is 1.41.